The van der Waals surface area contributed by atoms with Gasteiger partial charge in [-0.1, -0.05) is 36.0 Å². The zero-order valence-electron chi connectivity index (χ0n) is 11.5. The van der Waals surface area contributed by atoms with Crippen molar-refractivity contribution in [3.8, 4) is 5.75 Å². The third kappa shape index (κ3) is 3.11. The Bertz CT molecular complexity index is 566. The Morgan fingerprint density at radius 1 is 1.05 bits per heavy atom. The Balaban J connectivity index is 2.43. The van der Waals surface area contributed by atoms with Crippen LogP contribution < -0.4 is 10.5 Å². The maximum atomic E-state index is 6.09. The molecule has 0 saturated carbocycles. The van der Waals surface area contributed by atoms with Gasteiger partial charge in [0.1, 0.15) is 5.75 Å². The molecule has 2 aromatic carbocycles. The van der Waals surface area contributed by atoms with Crippen LogP contribution in [0.4, 0.5) is 0 Å². The minimum Gasteiger partial charge on any atom is -0.496 e. The van der Waals surface area contributed by atoms with Crippen molar-refractivity contribution in [2.24, 2.45) is 5.73 Å². The number of benzene rings is 2. The maximum Gasteiger partial charge on any atom is 0.124 e. The molecule has 2 nitrogen and oxygen atoms in total. The third-order valence-corrected chi connectivity index (χ3v) is 4.27. The van der Waals surface area contributed by atoms with Gasteiger partial charge in [0.15, 0.2) is 0 Å². The quantitative estimate of drug-likeness (QED) is 0.908. The predicted octanol–water partition coefficient (Wildman–Crippen LogP) is 4.17. The van der Waals surface area contributed by atoms with Gasteiger partial charge in [0.2, 0.25) is 0 Å². The van der Waals surface area contributed by atoms with E-state index in [1.165, 1.54) is 10.5 Å². The minimum absolute atomic E-state index is 0.0531. The predicted molar refractivity (Wildman–Crippen MR) is 80.9 cm³/mol. The molecule has 0 saturated heterocycles. The summed E-state index contributed by atoms with van der Waals surface area (Å²) in [5.41, 5.74) is 8.43. The summed E-state index contributed by atoms with van der Waals surface area (Å²) < 4.78 is 5.42. The van der Waals surface area contributed by atoms with Gasteiger partial charge in [-0.3, -0.25) is 0 Å². The summed E-state index contributed by atoms with van der Waals surface area (Å²) in [4.78, 5) is 2.40. The molecule has 0 aliphatic heterocycles. The highest BCUT2D eigenvalue weighted by Crippen LogP contribution is 2.38. The summed E-state index contributed by atoms with van der Waals surface area (Å²) >= 11 is 1.74. The Morgan fingerprint density at radius 2 is 1.74 bits per heavy atom. The molecule has 0 radical (unpaired) electrons. The zero-order valence-corrected chi connectivity index (χ0v) is 12.3. The first-order chi connectivity index (χ1) is 9.13. The highest BCUT2D eigenvalue weighted by Gasteiger charge is 2.14. The van der Waals surface area contributed by atoms with E-state index in [0.29, 0.717) is 0 Å². The topological polar surface area (TPSA) is 35.2 Å². The molecule has 0 heterocycles. The highest BCUT2D eigenvalue weighted by atomic mass is 32.2. The van der Waals surface area contributed by atoms with Crippen molar-refractivity contribution in [3.63, 3.8) is 0 Å². The van der Waals surface area contributed by atoms with Gasteiger partial charge < -0.3 is 10.5 Å². The van der Waals surface area contributed by atoms with Crippen molar-refractivity contribution in [2.75, 3.05) is 7.11 Å². The number of nitrogens with two attached hydrogens (primary N) is 1. The van der Waals surface area contributed by atoms with Gasteiger partial charge in [-0.2, -0.15) is 0 Å². The SMILES string of the molecule is COc1cccc(Sc2ccccc2C)c1[C@H](C)N. The average molecular weight is 273 g/mol. The third-order valence-electron chi connectivity index (χ3n) is 3.01. The molecule has 2 aromatic rings. The average Bonchev–Trinajstić information content (AvgIpc) is 2.40. The van der Waals surface area contributed by atoms with Gasteiger partial charge in [-0.25, -0.2) is 0 Å². The largest absolute Gasteiger partial charge is 0.496 e. The molecular formula is C16H19NOS. The number of ether oxygens (including phenoxy) is 1. The molecule has 3 heteroatoms. The molecule has 0 unspecified atom stereocenters. The lowest BCUT2D eigenvalue weighted by Gasteiger charge is -2.17. The molecule has 0 amide bonds. The first kappa shape index (κ1) is 14.0. The van der Waals surface area contributed by atoms with Gasteiger partial charge >= 0.3 is 0 Å². The maximum absolute atomic E-state index is 6.09. The Labute approximate surface area is 119 Å². The summed E-state index contributed by atoms with van der Waals surface area (Å²) in [6, 6.07) is 14.4. The molecule has 0 spiro atoms. The van der Waals surface area contributed by atoms with Crippen LogP contribution in [0.5, 0.6) is 5.75 Å². The molecular weight excluding hydrogens is 254 g/mol. The number of hydrogen-bond donors (Lipinski definition) is 1. The molecule has 0 aliphatic rings. The summed E-state index contributed by atoms with van der Waals surface area (Å²) in [6.07, 6.45) is 0. The lowest BCUT2D eigenvalue weighted by atomic mass is 10.1. The van der Waals surface area contributed by atoms with E-state index in [2.05, 4.69) is 37.3 Å². The van der Waals surface area contributed by atoms with Gasteiger partial charge in [-0.15, -0.1) is 0 Å². The molecule has 100 valence electrons. The monoisotopic (exact) mass is 273 g/mol. The van der Waals surface area contributed by atoms with Crippen molar-refractivity contribution < 1.29 is 4.74 Å². The van der Waals surface area contributed by atoms with Crippen LogP contribution in [-0.2, 0) is 0 Å². The number of hydrogen-bond acceptors (Lipinski definition) is 3. The van der Waals surface area contributed by atoms with E-state index in [-0.39, 0.29) is 6.04 Å². The van der Waals surface area contributed by atoms with E-state index in [4.69, 9.17) is 10.5 Å². The smallest absolute Gasteiger partial charge is 0.124 e. The van der Waals surface area contributed by atoms with Crippen LogP contribution in [0.15, 0.2) is 52.3 Å². The number of aryl methyl sites for hydroxylation is 1. The van der Waals surface area contributed by atoms with Crippen molar-refractivity contribution in [2.45, 2.75) is 29.7 Å². The summed E-state index contributed by atoms with van der Waals surface area (Å²) in [5.74, 6) is 0.855. The van der Waals surface area contributed by atoms with Gasteiger partial charge in [0.25, 0.3) is 0 Å². The number of rotatable bonds is 4. The molecule has 0 aliphatic carbocycles. The molecule has 1 atom stereocenters. The Hall–Kier alpha value is -1.45. The van der Waals surface area contributed by atoms with Crippen LogP contribution in [0.1, 0.15) is 24.1 Å². The molecule has 0 fully saturated rings. The van der Waals surface area contributed by atoms with Crippen LogP contribution in [0.2, 0.25) is 0 Å². The van der Waals surface area contributed by atoms with Crippen LogP contribution in [0, 0.1) is 6.92 Å². The second-order valence-electron chi connectivity index (χ2n) is 4.53. The van der Waals surface area contributed by atoms with E-state index >= 15 is 0 Å². The molecule has 19 heavy (non-hydrogen) atoms. The molecule has 0 bridgehead atoms. The second-order valence-corrected chi connectivity index (χ2v) is 5.61. The Morgan fingerprint density at radius 3 is 2.37 bits per heavy atom. The van der Waals surface area contributed by atoms with Crippen molar-refractivity contribution in [1.29, 1.82) is 0 Å². The first-order valence-electron chi connectivity index (χ1n) is 6.29. The van der Waals surface area contributed by atoms with E-state index in [1.54, 1.807) is 18.9 Å². The molecule has 2 rings (SSSR count). The van der Waals surface area contributed by atoms with Gasteiger partial charge in [0, 0.05) is 21.4 Å². The van der Waals surface area contributed by atoms with Crippen LogP contribution in [-0.4, -0.2) is 7.11 Å². The summed E-state index contributed by atoms with van der Waals surface area (Å²) in [7, 11) is 1.68. The van der Waals surface area contributed by atoms with Crippen molar-refractivity contribution >= 4 is 11.8 Å². The van der Waals surface area contributed by atoms with E-state index in [0.717, 1.165) is 16.2 Å². The van der Waals surface area contributed by atoms with E-state index < -0.39 is 0 Å². The fourth-order valence-corrected chi connectivity index (χ4v) is 3.18. The van der Waals surface area contributed by atoms with Gasteiger partial charge in [0.05, 0.1) is 7.11 Å². The zero-order chi connectivity index (χ0) is 13.8. The van der Waals surface area contributed by atoms with E-state index in [9.17, 15) is 0 Å². The fraction of sp³-hybridized carbons (Fsp3) is 0.250. The standard InChI is InChI=1S/C16H19NOS/c1-11-7-4-5-9-14(11)19-15-10-6-8-13(18-3)16(15)12(2)17/h4-10,12H,17H2,1-3H3/t12-/m0/s1. The summed E-state index contributed by atoms with van der Waals surface area (Å²) in [6.45, 7) is 4.10. The lowest BCUT2D eigenvalue weighted by molar-refractivity contribution is 0.405. The highest BCUT2D eigenvalue weighted by molar-refractivity contribution is 7.99. The Kier molecular flexibility index (Phi) is 4.51. The lowest BCUT2D eigenvalue weighted by Crippen LogP contribution is -2.08. The van der Waals surface area contributed by atoms with Crippen LogP contribution in [0.3, 0.4) is 0 Å². The van der Waals surface area contributed by atoms with Gasteiger partial charge in [-0.05, 0) is 37.6 Å². The van der Waals surface area contributed by atoms with Crippen LogP contribution >= 0.6 is 11.8 Å². The first-order valence-corrected chi connectivity index (χ1v) is 7.11. The fourth-order valence-electron chi connectivity index (χ4n) is 2.03. The summed E-state index contributed by atoms with van der Waals surface area (Å²) in [5, 5.41) is 0. The van der Waals surface area contributed by atoms with Crippen molar-refractivity contribution in [3.05, 3.63) is 53.6 Å². The molecule has 2 N–H and O–H groups in total. The number of methoxy groups -OCH3 is 1. The normalized spacial score (nSPS) is 12.2. The van der Waals surface area contributed by atoms with E-state index in [1.807, 2.05) is 19.1 Å². The van der Waals surface area contributed by atoms with Crippen LogP contribution in [0.25, 0.3) is 0 Å². The second kappa shape index (κ2) is 6.13. The van der Waals surface area contributed by atoms with Crippen molar-refractivity contribution in [1.82, 2.24) is 0 Å². The molecule has 0 aromatic heterocycles. The minimum atomic E-state index is -0.0531.